The molecule has 3 rings (SSSR count). The second-order valence-electron chi connectivity index (χ2n) is 6.63. The number of nitrogens with one attached hydrogen (secondary N) is 1. The van der Waals surface area contributed by atoms with Gasteiger partial charge in [0.15, 0.2) is 0 Å². The average molecular weight is 283 g/mol. The molecule has 0 aromatic heterocycles. The Hall–Kier alpha value is -1.54. The third kappa shape index (κ3) is 2.65. The Morgan fingerprint density at radius 3 is 2.57 bits per heavy atom. The molecule has 1 saturated carbocycles. The maximum Gasteiger partial charge on any atom is 0.128 e. The van der Waals surface area contributed by atoms with Crippen LogP contribution in [0, 0.1) is 11.8 Å². The highest BCUT2D eigenvalue weighted by Crippen LogP contribution is 2.36. The van der Waals surface area contributed by atoms with Gasteiger partial charge in [0.2, 0.25) is 0 Å². The van der Waals surface area contributed by atoms with Crippen LogP contribution in [0.5, 0.6) is 5.75 Å². The summed E-state index contributed by atoms with van der Waals surface area (Å²) < 4.78 is 0. The lowest BCUT2D eigenvalue weighted by atomic mass is 9.96. The first-order valence-corrected chi connectivity index (χ1v) is 8.04. The van der Waals surface area contributed by atoms with Gasteiger partial charge in [-0.1, -0.05) is 50.2 Å². The van der Waals surface area contributed by atoms with Crippen molar-refractivity contribution >= 4 is 10.8 Å². The van der Waals surface area contributed by atoms with Crippen molar-refractivity contribution in [2.75, 3.05) is 0 Å². The molecule has 21 heavy (non-hydrogen) atoms. The Bertz CT molecular complexity index is 636. The zero-order valence-corrected chi connectivity index (χ0v) is 13.1. The molecule has 2 aromatic carbocycles. The molecule has 0 spiro atoms. The molecule has 4 unspecified atom stereocenters. The van der Waals surface area contributed by atoms with Crippen molar-refractivity contribution in [1.82, 2.24) is 5.32 Å². The summed E-state index contributed by atoms with van der Waals surface area (Å²) in [5.41, 5.74) is 1.00. The van der Waals surface area contributed by atoms with Gasteiger partial charge in [0.25, 0.3) is 0 Å². The number of phenols is 1. The van der Waals surface area contributed by atoms with E-state index in [-0.39, 0.29) is 6.04 Å². The van der Waals surface area contributed by atoms with Crippen molar-refractivity contribution in [3.63, 3.8) is 0 Å². The topological polar surface area (TPSA) is 32.3 Å². The molecular weight excluding hydrogens is 258 g/mol. The Kier molecular flexibility index (Phi) is 3.90. The van der Waals surface area contributed by atoms with Gasteiger partial charge < -0.3 is 10.4 Å². The molecule has 2 N–H and O–H groups in total. The fraction of sp³-hybridized carbons (Fsp3) is 0.474. The van der Waals surface area contributed by atoms with Crippen molar-refractivity contribution in [2.45, 2.75) is 45.7 Å². The number of rotatable bonds is 3. The van der Waals surface area contributed by atoms with Gasteiger partial charge in [0.1, 0.15) is 5.75 Å². The highest BCUT2D eigenvalue weighted by Gasteiger charge is 2.30. The summed E-state index contributed by atoms with van der Waals surface area (Å²) in [6.07, 6.45) is 2.54. The zero-order chi connectivity index (χ0) is 15.0. The summed E-state index contributed by atoms with van der Waals surface area (Å²) in [6, 6.07) is 12.9. The van der Waals surface area contributed by atoms with Crippen LogP contribution >= 0.6 is 0 Å². The molecule has 0 radical (unpaired) electrons. The molecule has 1 fully saturated rings. The average Bonchev–Trinajstić information content (AvgIpc) is 2.80. The lowest BCUT2D eigenvalue weighted by molar-refractivity contribution is 0.343. The summed E-state index contributed by atoms with van der Waals surface area (Å²) in [5, 5.41) is 16.3. The Morgan fingerprint density at radius 2 is 1.86 bits per heavy atom. The van der Waals surface area contributed by atoms with E-state index in [4.69, 9.17) is 0 Å². The summed E-state index contributed by atoms with van der Waals surface area (Å²) in [7, 11) is 0. The minimum atomic E-state index is 0.173. The second-order valence-corrected chi connectivity index (χ2v) is 6.63. The van der Waals surface area contributed by atoms with Crippen molar-refractivity contribution < 1.29 is 5.11 Å². The second kappa shape index (κ2) is 5.69. The van der Waals surface area contributed by atoms with E-state index in [9.17, 15) is 5.11 Å². The number of benzene rings is 2. The van der Waals surface area contributed by atoms with Crippen LogP contribution in [0.25, 0.3) is 10.8 Å². The van der Waals surface area contributed by atoms with Crippen molar-refractivity contribution in [3.05, 3.63) is 42.0 Å². The van der Waals surface area contributed by atoms with Crippen LogP contribution in [0.15, 0.2) is 36.4 Å². The number of phenolic OH excluding ortho intramolecular Hbond substituents is 1. The van der Waals surface area contributed by atoms with Crippen LogP contribution in [0.2, 0.25) is 0 Å². The SMILES string of the molecule is CC(NC1CCC(C)C1C)c1ccc2ccccc2c1O. The van der Waals surface area contributed by atoms with Crippen LogP contribution in [0.3, 0.4) is 0 Å². The fourth-order valence-corrected chi connectivity index (χ4v) is 3.63. The number of hydrogen-bond acceptors (Lipinski definition) is 2. The minimum absolute atomic E-state index is 0.173. The summed E-state index contributed by atoms with van der Waals surface area (Å²) in [5.74, 6) is 1.92. The van der Waals surface area contributed by atoms with Crippen LogP contribution < -0.4 is 5.32 Å². The highest BCUT2D eigenvalue weighted by atomic mass is 16.3. The number of aromatic hydroxyl groups is 1. The van der Waals surface area contributed by atoms with E-state index in [0.717, 1.165) is 22.3 Å². The first-order valence-electron chi connectivity index (χ1n) is 8.04. The number of hydrogen-bond donors (Lipinski definition) is 2. The highest BCUT2D eigenvalue weighted by molar-refractivity contribution is 5.89. The van der Waals surface area contributed by atoms with E-state index in [1.165, 1.54) is 12.8 Å². The normalized spacial score (nSPS) is 27.1. The van der Waals surface area contributed by atoms with Crippen LogP contribution in [0.4, 0.5) is 0 Å². The lowest BCUT2D eigenvalue weighted by Crippen LogP contribution is -2.34. The molecule has 0 heterocycles. The van der Waals surface area contributed by atoms with E-state index < -0.39 is 0 Å². The zero-order valence-electron chi connectivity index (χ0n) is 13.1. The Morgan fingerprint density at radius 1 is 1.10 bits per heavy atom. The first kappa shape index (κ1) is 14.4. The van der Waals surface area contributed by atoms with Gasteiger partial charge in [-0.25, -0.2) is 0 Å². The molecule has 2 nitrogen and oxygen atoms in total. The molecule has 0 amide bonds. The summed E-state index contributed by atoms with van der Waals surface area (Å²) >= 11 is 0. The molecule has 4 atom stereocenters. The van der Waals surface area contributed by atoms with Crippen molar-refractivity contribution in [1.29, 1.82) is 0 Å². The fourth-order valence-electron chi connectivity index (χ4n) is 3.63. The predicted octanol–water partition coefficient (Wildman–Crippen LogP) is 4.63. The number of fused-ring (bicyclic) bond motifs is 1. The van der Waals surface area contributed by atoms with Gasteiger partial charge in [-0.15, -0.1) is 0 Å². The van der Waals surface area contributed by atoms with Gasteiger partial charge in [-0.3, -0.25) is 0 Å². The summed E-state index contributed by atoms with van der Waals surface area (Å²) in [6.45, 7) is 6.83. The van der Waals surface area contributed by atoms with Crippen LogP contribution in [0.1, 0.15) is 45.2 Å². The quantitative estimate of drug-likeness (QED) is 0.860. The third-order valence-corrected chi connectivity index (χ3v) is 5.33. The monoisotopic (exact) mass is 283 g/mol. The van der Waals surface area contributed by atoms with Gasteiger partial charge in [0, 0.05) is 23.0 Å². The van der Waals surface area contributed by atoms with Crippen LogP contribution in [-0.4, -0.2) is 11.1 Å². The van der Waals surface area contributed by atoms with E-state index in [1.54, 1.807) is 0 Å². The van der Waals surface area contributed by atoms with Crippen molar-refractivity contribution in [3.8, 4) is 5.75 Å². The van der Waals surface area contributed by atoms with Gasteiger partial charge in [-0.2, -0.15) is 0 Å². The maximum absolute atomic E-state index is 10.6. The van der Waals surface area contributed by atoms with Gasteiger partial charge in [0.05, 0.1) is 0 Å². The van der Waals surface area contributed by atoms with Gasteiger partial charge in [-0.05, 0) is 37.0 Å². The molecule has 2 aromatic rings. The van der Waals surface area contributed by atoms with E-state index in [1.807, 2.05) is 24.3 Å². The Balaban J connectivity index is 1.85. The summed E-state index contributed by atoms with van der Waals surface area (Å²) in [4.78, 5) is 0. The lowest BCUT2D eigenvalue weighted by Gasteiger charge is -2.25. The maximum atomic E-state index is 10.6. The minimum Gasteiger partial charge on any atom is -0.507 e. The largest absolute Gasteiger partial charge is 0.507 e. The molecular formula is C19H25NO. The molecule has 112 valence electrons. The molecule has 0 saturated heterocycles. The van der Waals surface area contributed by atoms with E-state index >= 15 is 0 Å². The molecule has 0 aliphatic heterocycles. The van der Waals surface area contributed by atoms with E-state index in [0.29, 0.717) is 17.7 Å². The Labute approximate surface area is 127 Å². The standard InChI is InChI=1S/C19H25NO/c1-12-8-11-18(13(12)2)20-14(3)16-10-9-15-6-4-5-7-17(15)19(16)21/h4-7,9-10,12-14,18,20-21H,8,11H2,1-3H3. The van der Waals surface area contributed by atoms with Crippen molar-refractivity contribution in [2.24, 2.45) is 11.8 Å². The molecule has 1 aliphatic rings. The first-order chi connectivity index (χ1) is 10.1. The molecule has 0 bridgehead atoms. The predicted molar refractivity (Wildman–Crippen MR) is 88.5 cm³/mol. The van der Waals surface area contributed by atoms with Crippen LogP contribution in [-0.2, 0) is 0 Å². The van der Waals surface area contributed by atoms with Gasteiger partial charge >= 0.3 is 0 Å². The van der Waals surface area contributed by atoms with E-state index in [2.05, 4.69) is 38.2 Å². The third-order valence-electron chi connectivity index (χ3n) is 5.33. The molecule has 2 heteroatoms. The molecule has 1 aliphatic carbocycles. The smallest absolute Gasteiger partial charge is 0.128 e.